The Bertz CT molecular complexity index is 1300. The fourth-order valence-electron chi connectivity index (χ4n) is 3.12. The van der Waals surface area contributed by atoms with E-state index in [1.54, 1.807) is 42.5 Å². The second kappa shape index (κ2) is 7.04. The number of rotatable bonds is 3. The zero-order valence-corrected chi connectivity index (χ0v) is 15.1. The van der Waals surface area contributed by atoms with Gasteiger partial charge in [-0.2, -0.15) is 0 Å². The molecule has 5 heteroatoms. The smallest absolute Gasteiger partial charge is 0.248 e. The number of nitrogens with one attached hydrogen (secondary N) is 1. The zero-order valence-electron chi connectivity index (χ0n) is 15.1. The van der Waals surface area contributed by atoms with Crippen LogP contribution in [0.1, 0.15) is 11.1 Å². The molecule has 4 rings (SSSR count). The highest BCUT2D eigenvalue weighted by Crippen LogP contribution is 2.29. The Morgan fingerprint density at radius 2 is 1.82 bits per heavy atom. The summed E-state index contributed by atoms with van der Waals surface area (Å²) in [6, 6.07) is 15.8. The highest BCUT2D eigenvalue weighted by molar-refractivity contribution is 6.08. The van der Waals surface area contributed by atoms with Crippen molar-refractivity contribution in [2.24, 2.45) is 0 Å². The highest BCUT2D eigenvalue weighted by atomic mass is 16.3. The number of aryl methyl sites for hydroxylation is 1. The van der Waals surface area contributed by atoms with Gasteiger partial charge in [0, 0.05) is 22.5 Å². The number of phenols is 1. The van der Waals surface area contributed by atoms with Crippen molar-refractivity contribution in [2.75, 3.05) is 5.32 Å². The Morgan fingerprint density at radius 3 is 2.68 bits per heavy atom. The summed E-state index contributed by atoms with van der Waals surface area (Å²) in [6.45, 7) is 1.90. The maximum absolute atomic E-state index is 12.6. The normalized spacial score (nSPS) is 11.3. The molecule has 0 radical (unpaired) electrons. The lowest BCUT2D eigenvalue weighted by atomic mass is 10.1. The van der Waals surface area contributed by atoms with Gasteiger partial charge in [-0.05, 0) is 37.3 Å². The van der Waals surface area contributed by atoms with Crippen LogP contribution < -0.4 is 10.7 Å². The Balaban J connectivity index is 1.62. The van der Waals surface area contributed by atoms with E-state index in [1.165, 1.54) is 18.4 Å². The molecule has 3 aromatic carbocycles. The van der Waals surface area contributed by atoms with Crippen LogP contribution in [0.25, 0.3) is 27.8 Å². The molecule has 0 atom stereocenters. The topological polar surface area (TPSA) is 79.5 Å². The first-order valence-corrected chi connectivity index (χ1v) is 8.75. The first-order valence-electron chi connectivity index (χ1n) is 8.75. The number of carbonyl (C=O) groups excluding carboxylic acids is 1. The molecular weight excluding hydrogens is 354 g/mol. The van der Waals surface area contributed by atoms with Gasteiger partial charge in [-0.15, -0.1) is 0 Å². The van der Waals surface area contributed by atoms with Gasteiger partial charge in [0.15, 0.2) is 5.43 Å². The van der Waals surface area contributed by atoms with Crippen molar-refractivity contribution >= 4 is 39.4 Å². The summed E-state index contributed by atoms with van der Waals surface area (Å²) in [5, 5.41) is 14.6. The molecule has 0 bridgehead atoms. The molecule has 0 fully saturated rings. The van der Waals surface area contributed by atoms with Crippen molar-refractivity contribution < 1.29 is 14.3 Å². The van der Waals surface area contributed by atoms with Crippen molar-refractivity contribution in [2.45, 2.75) is 6.92 Å². The zero-order chi connectivity index (χ0) is 19.7. The summed E-state index contributed by atoms with van der Waals surface area (Å²) in [5.74, 6) is -0.243. The lowest BCUT2D eigenvalue weighted by molar-refractivity contribution is -0.111. The van der Waals surface area contributed by atoms with Crippen LogP contribution in [0.3, 0.4) is 0 Å². The number of fused-ring (bicyclic) bond motifs is 2. The van der Waals surface area contributed by atoms with E-state index in [2.05, 4.69) is 5.32 Å². The molecule has 28 heavy (non-hydrogen) atoms. The number of hydrogen-bond donors (Lipinski definition) is 2. The number of hydrogen-bond acceptors (Lipinski definition) is 4. The SMILES string of the molecule is Cc1ccc2occ(/C=C/C(=O)Nc3cccc4c(O)cccc34)c(=O)c2c1. The maximum Gasteiger partial charge on any atom is 0.248 e. The van der Waals surface area contributed by atoms with Crippen molar-refractivity contribution in [1.29, 1.82) is 0 Å². The fraction of sp³-hybridized carbons (Fsp3) is 0.0435. The molecule has 138 valence electrons. The quantitative estimate of drug-likeness (QED) is 0.515. The van der Waals surface area contributed by atoms with Gasteiger partial charge in [-0.1, -0.05) is 35.9 Å². The number of benzene rings is 3. The molecule has 0 spiro atoms. The Labute approximate surface area is 160 Å². The van der Waals surface area contributed by atoms with E-state index in [9.17, 15) is 14.7 Å². The predicted octanol–water partition coefficient (Wildman–Crippen LogP) is 4.61. The molecule has 0 saturated carbocycles. The summed E-state index contributed by atoms with van der Waals surface area (Å²) in [4.78, 5) is 24.9. The standard InChI is InChI=1S/C23H17NO4/c1-14-8-10-21-18(12-14)23(27)15(13-28-21)9-11-22(26)24-19-6-2-5-17-16(19)4-3-7-20(17)25/h2-13,25H,1H3,(H,24,26)/b11-9+. The molecule has 0 saturated heterocycles. The molecule has 1 aromatic heterocycles. The first-order chi connectivity index (χ1) is 13.5. The van der Waals surface area contributed by atoms with Crippen LogP contribution in [0.15, 0.2) is 76.1 Å². The first kappa shape index (κ1) is 17.5. The van der Waals surface area contributed by atoms with Crippen LogP contribution in [0.4, 0.5) is 5.69 Å². The maximum atomic E-state index is 12.6. The van der Waals surface area contributed by atoms with Gasteiger partial charge in [0.2, 0.25) is 5.91 Å². The van der Waals surface area contributed by atoms with E-state index < -0.39 is 0 Å². The molecule has 5 nitrogen and oxygen atoms in total. The third-order valence-corrected chi connectivity index (χ3v) is 4.53. The average Bonchev–Trinajstić information content (AvgIpc) is 2.69. The van der Waals surface area contributed by atoms with E-state index in [-0.39, 0.29) is 17.1 Å². The van der Waals surface area contributed by atoms with Crippen LogP contribution in [-0.2, 0) is 4.79 Å². The van der Waals surface area contributed by atoms with E-state index in [4.69, 9.17) is 4.42 Å². The monoisotopic (exact) mass is 371 g/mol. The number of amides is 1. The summed E-state index contributed by atoms with van der Waals surface area (Å²) in [7, 11) is 0. The van der Waals surface area contributed by atoms with Gasteiger partial charge >= 0.3 is 0 Å². The Kier molecular flexibility index (Phi) is 4.41. The lowest BCUT2D eigenvalue weighted by Crippen LogP contribution is -2.09. The third-order valence-electron chi connectivity index (χ3n) is 4.53. The van der Waals surface area contributed by atoms with Crippen LogP contribution in [0.5, 0.6) is 5.75 Å². The van der Waals surface area contributed by atoms with Gasteiger partial charge in [0.05, 0.1) is 10.9 Å². The molecule has 0 aliphatic heterocycles. The van der Waals surface area contributed by atoms with Gasteiger partial charge in [0.1, 0.15) is 17.6 Å². The van der Waals surface area contributed by atoms with Gasteiger partial charge in [-0.3, -0.25) is 9.59 Å². The van der Waals surface area contributed by atoms with Crippen molar-refractivity contribution in [3.05, 3.63) is 88.3 Å². The lowest BCUT2D eigenvalue weighted by Gasteiger charge is -2.08. The summed E-state index contributed by atoms with van der Waals surface area (Å²) in [6.07, 6.45) is 4.07. The molecule has 4 aromatic rings. The van der Waals surface area contributed by atoms with Crippen LogP contribution in [-0.4, -0.2) is 11.0 Å². The van der Waals surface area contributed by atoms with Gasteiger partial charge in [-0.25, -0.2) is 0 Å². The number of aromatic hydroxyl groups is 1. The molecule has 0 aliphatic carbocycles. The summed E-state index contributed by atoms with van der Waals surface area (Å²) >= 11 is 0. The van der Waals surface area contributed by atoms with E-state index in [1.807, 2.05) is 19.1 Å². The minimum absolute atomic E-state index is 0.146. The van der Waals surface area contributed by atoms with Crippen molar-refractivity contribution in [3.8, 4) is 5.75 Å². The van der Waals surface area contributed by atoms with Gasteiger partial charge < -0.3 is 14.8 Å². The fourth-order valence-corrected chi connectivity index (χ4v) is 3.12. The van der Waals surface area contributed by atoms with Crippen molar-refractivity contribution in [3.63, 3.8) is 0 Å². The largest absolute Gasteiger partial charge is 0.507 e. The molecule has 0 aliphatic rings. The molecule has 2 N–H and O–H groups in total. The minimum atomic E-state index is -0.389. The second-order valence-corrected chi connectivity index (χ2v) is 6.52. The van der Waals surface area contributed by atoms with Gasteiger partial charge in [0.25, 0.3) is 0 Å². The van der Waals surface area contributed by atoms with Crippen LogP contribution >= 0.6 is 0 Å². The molecule has 1 amide bonds. The second-order valence-electron chi connectivity index (χ2n) is 6.52. The number of phenolic OH excluding ortho intramolecular Hbond substituents is 1. The Morgan fingerprint density at radius 1 is 1.04 bits per heavy atom. The number of carbonyl (C=O) groups is 1. The summed E-state index contributed by atoms with van der Waals surface area (Å²) in [5.41, 5.74) is 2.14. The molecular formula is C23H17NO4. The number of anilines is 1. The molecule has 0 unspecified atom stereocenters. The van der Waals surface area contributed by atoms with E-state index >= 15 is 0 Å². The van der Waals surface area contributed by atoms with Crippen molar-refractivity contribution in [1.82, 2.24) is 0 Å². The third kappa shape index (κ3) is 3.25. The van der Waals surface area contributed by atoms with E-state index in [0.717, 1.165) is 10.9 Å². The predicted molar refractivity (Wildman–Crippen MR) is 110 cm³/mol. The summed E-state index contributed by atoms with van der Waals surface area (Å²) < 4.78 is 5.49. The molecule has 1 heterocycles. The highest BCUT2D eigenvalue weighted by Gasteiger charge is 2.08. The minimum Gasteiger partial charge on any atom is -0.507 e. The van der Waals surface area contributed by atoms with Crippen LogP contribution in [0, 0.1) is 6.92 Å². The van der Waals surface area contributed by atoms with Crippen LogP contribution in [0.2, 0.25) is 0 Å². The van der Waals surface area contributed by atoms with E-state index in [0.29, 0.717) is 27.6 Å². The Hall–Kier alpha value is -3.86. The average molecular weight is 371 g/mol.